The summed E-state index contributed by atoms with van der Waals surface area (Å²) in [5.74, 6) is 0.232. The van der Waals surface area contributed by atoms with Crippen LogP contribution in [-0.2, 0) is 10.8 Å². The van der Waals surface area contributed by atoms with Crippen LogP contribution in [-0.4, -0.2) is 33.3 Å². The number of benzene rings is 2. The zero-order valence-corrected chi connectivity index (χ0v) is 12.9. The van der Waals surface area contributed by atoms with Crippen LogP contribution in [0.25, 0.3) is 10.8 Å². The van der Waals surface area contributed by atoms with E-state index in [1.807, 2.05) is 31.2 Å². The van der Waals surface area contributed by atoms with Crippen molar-refractivity contribution in [1.29, 1.82) is 0 Å². The molecule has 0 spiro atoms. The molecule has 0 fully saturated rings. The Labute approximate surface area is 126 Å². The smallest absolute Gasteiger partial charge is 0.255 e. The van der Waals surface area contributed by atoms with Crippen molar-refractivity contribution in [2.45, 2.75) is 19.4 Å². The summed E-state index contributed by atoms with van der Waals surface area (Å²) in [4.78, 5) is 12.2. The minimum Gasteiger partial charge on any atom is -0.506 e. The van der Waals surface area contributed by atoms with Crippen molar-refractivity contribution in [3.8, 4) is 5.75 Å². The van der Waals surface area contributed by atoms with Gasteiger partial charge in [-0.2, -0.15) is 0 Å². The van der Waals surface area contributed by atoms with Gasteiger partial charge in [0.1, 0.15) is 5.75 Å². The van der Waals surface area contributed by atoms with E-state index in [9.17, 15) is 14.1 Å². The van der Waals surface area contributed by atoms with Gasteiger partial charge in [-0.3, -0.25) is 9.00 Å². The molecule has 1 amide bonds. The summed E-state index contributed by atoms with van der Waals surface area (Å²) in [6.45, 7) is 1.86. The van der Waals surface area contributed by atoms with Gasteiger partial charge < -0.3 is 10.4 Å². The molecule has 0 aliphatic heterocycles. The Balaban J connectivity index is 2.16. The maximum atomic E-state index is 12.2. The molecule has 2 atom stereocenters. The molecule has 2 unspecified atom stereocenters. The molecule has 2 aromatic carbocycles. The normalized spacial score (nSPS) is 13.8. The van der Waals surface area contributed by atoms with Gasteiger partial charge in [-0.15, -0.1) is 0 Å². The van der Waals surface area contributed by atoms with Crippen LogP contribution in [0.2, 0.25) is 0 Å². The SMILES string of the molecule is CC(CCS(C)=O)NC(=O)c1ccc2ccccc2c1O. The van der Waals surface area contributed by atoms with Gasteiger partial charge in [0.25, 0.3) is 5.91 Å². The van der Waals surface area contributed by atoms with Crippen LogP contribution < -0.4 is 5.32 Å². The van der Waals surface area contributed by atoms with Crippen molar-refractivity contribution < 1.29 is 14.1 Å². The topological polar surface area (TPSA) is 66.4 Å². The molecule has 5 heteroatoms. The first-order chi connectivity index (χ1) is 9.99. The molecule has 112 valence electrons. The third-order valence-corrected chi connectivity index (χ3v) is 4.17. The van der Waals surface area contributed by atoms with E-state index in [1.54, 1.807) is 18.4 Å². The molecule has 4 nitrogen and oxygen atoms in total. The van der Waals surface area contributed by atoms with Crippen LogP contribution in [0.15, 0.2) is 36.4 Å². The van der Waals surface area contributed by atoms with Gasteiger partial charge in [0.2, 0.25) is 0 Å². The van der Waals surface area contributed by atoms with Crippen molar-refractivity contribution in [2.75, 3.05) is 12.0 Å². The Morgan fingerprint density at radius 2 is 2.00 bits per heavy atom. The van der Waals surface area contributed by atoms with Crippen LogP contribution in [0.1, 0.15) is 23.7 Å². The molecule has 2 rings (SSSR count). The van der Waals surface area contributed by atoms with Crippen LogP contribution in [0.5, 0.6) is 5.75 Å². The highest BCUT2D eigenvalue weighted by atomic mass is 32.2. The van der Waals surface area contributed by atoms with Gasteiger partial charge >= 0.3 is 0 Å². The molecule has 0 heterocycles. The lowest BCUT2D eigenvalue weighted by molar-refractivity contribution is 0.0937. The molecule has 0 aliphatic rings. The van der Waals surface area contributed by atoms with Gasteiger partial charge in [0.05, 0.1) is 5.56 Å². The number of phenolic OH excluding ortho intramolecular Hbond substituents is 1. The first-order valence-corrected chi connectivity index (χ1v) is 8.53. The standard InChI is InChI=1S/C16H19NO3S/c1-11(9-10-21(2)20)17-16(19)14-8-7-12-5-3-4-6-13(12)15(14)18/h3-8,11,18H,9-10H2,1-2H3,(H,17,19). The first kappa shape index (κ1) is 15.5. The number of aromatic hydroxyl groups is 1. The predicted molar refractivity (Wildman–Crippen MR) is 86.1 cm³/mol. The third-order valence-electron chi connectivity index (χ3n) is 3.36. The summed E-state index contributed by atoms with van der Waals surface area (Å²) in [5, 5.41) is 14.6. The van der Waals surface area contributed by atoms with E-state index in [2.05, 4.69) is 5.32 Å². The summed E-state index contributed by atoms with van der Waals surface area (Å²) in [5.41, 5.74) is 0.262. The number of carbonyl (C=O) groups is 1. The average Bonchev–Trinajstić information content (AvgIpc) is 2.45. The number of amides is 1. The fraction of sp³-hybridized carbons (Fsp3) is 0.312. The Hall–Kier alpha value is -1.88. The number of hydrogen-bond donors (Lipinski definition) is 2. The lowest BCUT2D eigenvalue weighted by atomic mass is 10.0. The number of rotatable bonds is 5. The van der Waals surface area contributed by atoms with Crippen LogP contribution in [0, 0.1) is 0 Å². The molecular formula is C16H19NO3S. The maximum absolute atomic E-state index is 12.2. The van der Waals surface area contributed by atoms with E-state index < -0.39 is 10.8 Å². The van der Waals surface area contributed by atoms with Crippen molar-refractivity contribution in [1.82, 2.24) is 5.32 Å². The molecule has 0 saturated heterocycles. The lowest BCUT2D eigenvalue weighted by Crippen LogP contribution is -2.33. The number of nitrogens with one attached hydrogen (secondary N) is 1. The number of hydrogen-bond acceptors (Lipinski definition) is 3. The number of phenols is 1. The highest BCUT2D eigenvalue weighted by Gasteiger charge is 2.15. The lowest BCUT2D eigenvalue weighted by Gasteiger charge is -2.14. The highest BCUT2D eigenvalue weighted by molar-refractivity contribution is 7.84. The van der Waals surface area contributed by atoms with Gasteiger partial charge in [0, 0.05) is 34.2 Å². The fourth-order valence-corrected chi connectivity index (χ4v) is 2.84. The molecule has 0 radical (unpaired) electrons. The zero-order chi connectivity index (χ0) is 15.4. The molecule has 21 heavy (non-hydrogen) atoms. The molecule has 2 aromatic rings. The van der Waals surface area contributed by atoms with Gasteiger partial charge in [-0.25, -0.2) is 0 Å². The second-order valence-corrected chi connectivity index (χ2v) is 6.68. The van der Waals surface area contributed by atoms with E-state index in [4.69, 9.17) is 0 Å². The Morgan fingerprint density at radius 3 is 2.71 bits per heavy atom. The zero-order valence-electron chi connectivity index (χ0n) is 12.1. The van der Waals surface area contributed by atoms with Crippen molar-refractivity contribution in [3.63, 3.8) is 0 Å². The highest BCUT2D eigenvalue weighted by Crippen LogP contribution is 2.28. The Morgan fingerprint density at radius 1 is 1.29 bits per heavy atom. The number of carbonyl (C=O) groups excluding carboxylic acids is 1. The minimum atomic E-state index is -0.869. The minimum absolute atomic E-state index is 0.00290. The summed E-state index contributed by atoms with van der Waals surface area (Å²) in [6, 6.07) is 10.7. The quantitative estimate of drug-likeness (QED) is 0.891. The van der Waals surface area contributed by atoms with Gasteiger partial charge in [-0.1, -0.05) is 30.3 Å². The van der Waals surface area contributed by atoms with E-state index in [-0.39, 0.29) is 23.3 Å². The molecular weight excluding hydrogens is 286 g/mol. The molecule has 0 aliphatic carbocycles. The van der Waals surface area contributed by atoms with Crippen molar-refractivity contribution in [2.24, 2.45) is 0 Å². The second kappa shape index (κ2) is 6.72. The summed E-state index contributed by atoms with van der Waals surface area (Å²) in [6.07, 6.45) is 2.28. The summed E-state index contributed by atoms with van der Waals surface area (Å²) >= 11 is 0. The number of fused-ring (bicyclic) bond motifs is 1. The summed E-state index contributed by atoms with van der Waals surface area (Å²) in [7, 11) is -0.869. The van der Waals surface area contributed by atoms with Crippen LogP contribution in [0.4, 0.5) is 0 Å². The fourth-order valence-electron chi connectivity index (χ4n) is 2.15. The maximum Gasteiger partial charge on any atom is 0.255 e. The third kappa shape index (κ3) is 3.82. The predicted octanol–water partition coefficient (Wildman–Crippen LogP) is 2.43. The second-order valence-electron chi connectivity index (χ2n) is 5.12. The Kier molecular flexibility index (Phi) is 4.96. The molecule has 0 bridgehead atoms. The van der Waals surface area contributed by atoms with Crippen LogP contribution in [0.3, 0.4) is 0 Å². The monoisotopic (exact) mass is 305 g/mol. The molecule has 0 saturated carbocycles. The van der Waals surface area contributed by atoms with E-state index in [0.29, 0.717) is 17.6 Å². The van der Waals surface area contributed by atoms with Crippen molar-refractivity contribution in [3.05, 3.63) is 42.0 Å². The van der Waals surface area contributed by atoms with Gasteiger partial charge in [0.15, 0.2) is 0 Å². The molecule has 0 aromatic heterocycles. The largest absolute Gasteiger partial charge is 0.506 e. The average molecular weight is 305 g/mol. The van der Waals surface area contributed by atoms with Crippen molar-refractivity contribution >= 4 is 27.5 Å². The van der Waals surface area contributed by atoms with E-state index in [1.165, 1.54) is 0 Å². The summed E-state index contributed by atoms with van der Waals surface area (Å²) < 4.78 is 11.1. The first-order valence-electron chi connectivity index (χ1n) is 6.80. The Bertz CT molecular complexity index is 684. The van der Waals surface area contributed by atoms with E-state index in [0.717, 1.165) is 5.39 Å². The van der Waals surface area contributed by atoms with Gasteiger partial charge in [-0.05, 0) is 24.8 Å². The van der Waals surface area contributed by atoms with Crippen LogP contribution >= 0.6 is 0 Å². The van der Waals surface area contributed by atoms with E-state index >= 15 is 0 Å². The molecule has 2 N–H and O–H groups in total.